The van der Waals surface area contributed by atoms with Crippen molar-refractivity contribution < 1.29 is 14.3 Å². The molecular formula is C18H12N2O3. The fraction of sp³-hybridized carbons (Fsp3) is 0.111. The Bertz CT molecular complexity index is 966. The molecule has 0 aliphatic carbocycles. The Morgan fingerprint density at radius 3 is 2.70 bits per heavy atom. The van der Waals surface area contributed by atoms with Gasteiger partial charge in [0.05, 0.1) is 11.1 Å². The number of aromatic nitrogens is 1. The molecule has 2 aromatic carbocycles. The monoisotopic (exact) mass is 304 g/mol. The van der Waals surface area contributed by atoms with Crippen LogP contribution >= 0.6 is 0 Å². The van der Waals surface area contributed by atoms with Gasteiger partial charge in [-0.15, -0.1) is 0 Å². The second-order valence-corrected chi connectivity index (χ2v) is 5.21. The van der Waals surface area contributed by atoms with Crippen LogP contribution in [-0.4, -0.2) is 23.7 Å². The molecule has 0 atom stereocenters. The number of fused-ring (bicyclic) bond motifs is 2. The Kier molecular flexibility index (Phi) is 3.02. The minimum atomic E-state index is -0.209. The van der Waals surface area contributed by atoms with E-state index in [1.807, 2.05) is 24.3 Å². The number of hydrogen-bond acceptors (Lipinski definition) is 4. The van der Waals surface area contributed by atoms with Gasteiger partial charge < -0.3 is 9.47 Å². The minimum Gasteiger partial charge on any atom is -0.486 e. The quantitative estimate of drug-likeness (QED) is 0.693. The van der Waals surface area contributed by atoms with Crippen molar-refractivity contribution in [2.24, 2.45) is 0 Å². The highest BCUT2D eigenvalue weighted by Crippen LogP contribution is 2.31. The molecule has 0 saturated heterocycles. The molecule has 1 aliphatic rings. The van der Waals surface area contributed by atoms with Crippen LogP contribution in [0.15, 0.2) is 48.7 Å². The summed E-state index contributed by atoms with van der Waals surface area (Å²) in [5.41, 5.74) is 1.68. The summed E-state index contributed by atoms with van der Waals surface area (Å²) in [5, 5.41) is 10.0. The summed E-state index contributed by atoms with van der Waals surface area (Å²) in [6, 6.07) is 14.6. The zero-order valence-corrected chi connectivity index (χ0v) is 12.2. The molecule has 2 heterocycles. The van der Waals surface area contributed by atoms with Crippen LogP contribution in [0.1, 0.15) is 15.9 Å². The van der Waals surface area contributed by atoms with Crippen LogP contribution < -0.4 is 9.47 Å². The zero-order chi connectivity index (χ0) is 15.8. The summed E-state index contributed by atoms with van der Waals surface area (Å²) < 4.78 is 12.5. The van der Waals surface area contributed by atoms with E-state index in [0.29, 0.717) is 41.4 Å². The van der Waals surface area contributed by atoms with E-state index >= 15 is 0 Å². The van der Waals surface area contributed by atoms with Gasteiger partial charge in [0.1, 0.15) is 19.3 Å². The van der Waals surface area contributed by atoms with E-state index in [9.17, 15) is 10.1 Å². The van der Waals surface area contributed by atoms with Gasteiger partial charge in [0.25, 0.3) is 5.91 Å². The molecule has 5 heteroatoms. The van der Waals surface area contributed by atoms with Gasteiger partial charge in [0.2, 0.25) is 0 Å². The zero-order valence-electron chi connectivity index (χ0n) is 12.2. The van der Waals surface area contributed by atoms with Gasteiger partial charge in [-0.2, -0.15) is 5.26 Å². The van der Waals surface area contributed by atoms with Crippen LogP contribution in [-0.2, 0) is 0 Å². The van der Waals surface area contributed by atoms with Gasteiger partial charge in [-0.1, -0.05) is 18.2 Å². The maximum atomic E-state index is 12.8. The molecule has 0 radical (unpaired) electrons. The molecule has 0 spiro atoms. The summed E-state index contributed by atoms with van der Waals surface area (Å²) in [7, 11) is 0. The molecule has 112 valence electrons. The summed E-state index contributed by atoms with van der Waals surface area (Å²) in [6.07, 6.45) is 1.57. The van der Waals surface area contributed by atoms with Crippen LogP contribution in [0.5, 0.6) is 11.5 Å². The number of nitrogens with zero attached hydrogens (tertiary/aromatic N) is 2. The summed E-state index contributed by atoms with van der Waals surface area (Å²) in [5.74, 6) is 1.00. The van der Waals surface area contributed by atoms with Crippen molar-refractivity contribution in [3.05, 3.63) is 59.8 Å². The lowest BCUT2D eigenvalue weighted by Crippen LogP contribution is -2.17. The fourth-order valence-corrected chi connectivity index (χ4v) is 2.75. The third-order valence-corrected chi connectivity index (χ3v) is 3.84. The van der Waals surface area contributed by atoms with Crippen molar-refractivity contribution in [2.45, 2.75) is 0 Å². The number of nitriles is 1. The first-order chi connectivity index (χ1) is 11.3. The number of ether oxygens (including phenoxy) is 2. The number of benzene rings is 2. The van der Waals surface area contributed by atoms with Gasteiger partial charge in [0, 0.05) is 17.1 Å². The molecule has 0 unspecified atom stereocenters. The van der Waals surface area contributed by atoms with Crippen molar-refractivity contribution in [3.8, 4) is 17.6 Å². The van der Waals surface area contributed by atoms with Crippen molar-refractivity contribution >= 4 is 16.8 Å². The highest BCUT2D eigenvalue weighted by molar-refractivity contribution is 6.03. The van der Waals surface area contributed by atoms with E-state index in [1.165, 1.54) is 4.57 Å². The minimum absolute atomic E-state index is 0.209. The summed E-state index contributed by atoms with van der Waals surface area (Å²) in [4.78, 5) is 12.8. The van der Waals surface area contributed by atoms with E-state index in [-0.39, 0.29) is 5.91 Å². The Hall–Kier alpha value is -3.26. The molecule has 3 aromatic rings. The molecule has 4 rings (SSSR count). The fourth-order valence-electron chi connectivity index (χ4n) is 2.75. The van der Waals surface area contributed by atoms with Crippen molar-refractivity contribution in [2.75, 3.05) is 13.2 Å². The molecule has 1 aromatic heterocycles. The SMILES string of the molecule is N#Cc1cn(C(=O)c2ccc3c(c2)OCCO3)c2ccccc12. The average Bonchev–Trinajstić information content (AvgIpc) is 2.99. The standard InChI is InChI=1S/C18H12N2O3/c19-10-13-11-20(15-4-2-1-3-14(13)15)18(21)12-5-6-16-17(9-12)23-8-7-22-16/h1-6,9,11H,7-8H2. The van der Waals surface area contributed by atoms with E-state index in [1.54, 1.807) is 24.4 Å². The number of carbonyl (C=O) groups is 1. The Morgan fingerprint density at radius 1 is 1.09 bits per heavy atom. The van der Waals surface area contributed by atoms with E-state index in [0.717, 1.165) is 5.39 Å². The van der Waals surface area contributed by atoms with Crippen molar-refractivity contribution in [1.82, 2.24) is 4.57 Å². The van der Waals surface area contributed by atoms with Crippen molar-refractivity contribution in [3.63, 3.8) is 0 Å². The molecule has 0 saturated carbocycles. The lowest BCUT2D eigenvalue weighted by atomic mass is 10.1. The largest absolute Gasteiger partial charge is 0.486 e. The average molecular weight is 304 g/mol. The van der Waals surface area contributed by atoms with Gasteiger partial charge in [-0.05, 0) is 24.3 Å². The topological polar surface area (TPSA) is 64.2 Å². The second kappa shape index (κ2) is 5.18. The first-order valence-corrected chi connectivity index (χ1v) is 7.22. The molecule has 0 N–H and O–H groups in total. The molecular weight excluding hydrogens is 292 g/mol. The molecule has 23 heavy (non-hydrogen) atoms. The number of hydrogen-bond donors (Lipinski definition) is 0. The van der Waals surface area contributed by atoms with Crippen molar-refractivity contribution in [1.29, 1.82) is 5.26 Å². The summed E-state index contributed by atoms with van der Waals surface area (Å²) in [6.45, 7) is 0.976. The molecule has 0 amide bonds. The van der Waals surface area contributed by atoms with E-state index in [4.69, 9.17) is 9.47 Å². The lowest BCUT2D eigenvalue weighted by Gasteiger charge is -2.18. The summed E-state index contributed by atoms with van der Waals surface area (Å²) >= 11 is 0. The number of carbonyl (C=O) groups excluding carboxylic acids is 1. The van der Waals surface area contributed by atoms with Gasteiger partial charge >= 0.3 is 0 Å². The third-order valence-electron chi connectivity index (χ3n) is 3.84. The Balaban J connectivity index is 1.82. The van der Waals surface area contributed by atoms with Crippen LogP contribution in [0.25, 0.3) is 10.9 Å². The number of rotatable bonds is 1. The van der Waals surface area contributed by atoms with E-state index < -0.39 is 0 Å². The first kappa shape index (κ1) is 13.4. The first-order valence-electron chi connectivity index (χ1n) is 7.22. The third kappa shape index (κ3) is 2.12. The molecule has 1 aliphatic heterocycles. The Labute approximate surface area is 132 Å². The normalized spacial score (nSPS) is 12.8. The maximum absolute atomic E-state index is 12.8. The predicted molar refractivity (Wildman–Crippen MR) is 83.8 cm³/mol. The highest BCUT2D eigenvalue weighted by atomic mass is 16.6. The van der Waals surface area contributed by atoms with Gasteiger partial charge in [-0.25, -0.2) is 0 Å². The van der Waals surface area contributed by atoms with Crippen LogP contribution in [0.2, 0.25) is 0 Å². The van der Waals surface area contributed by atoms with Gasteiger partial charge in [0.15, 0.2) is 11.5 Å². The second-order valence-electron chi connectivity index (χ2n) is 5.21. The highest BCUT2D eigenvalue weighted by Gasteiger charge is 2.18. The van der Waals surface area contributed by atoms with Crippen LogP contribution in [0.4, 0.5) is 0 Å². The molecule has 0 bridgehead atoms. The maximum Gasteiger partial charge on any atom is 0.262 e. The lowest BCUT2D eigenvalue weighted by molar-refractivity contribution is 0.0963. The van der Waals surface area contributed by atoms with Gasteiger partial charge in [-0.3, -0.25) is 9.36 Å². The smallest absolute Gasteiger partial charge is 0.262 e. The Morgan fingerprint density at radius 2 is 1.87 bits per heavy atom. The van der Waals surface area contributed by atoms with E-state index in [2.05, 4.69) is 6.07 Å². The molecule has 5 nitrogen and oxygen atoms in total. The number of para-hydroxylation sites is 1. The van der Waals surface area contributed by atoms with Crippen LogP contribution in [0, 0.1) is 11.3 Å². The van der Waals surface area contributed by atoms with Crippen LogP contribution in [0.3, 0.4) is 0 Å². The predicted octanol–water partition coefficient (Wildman–Crippen LogP) is 2.97. The molecule has 0 fully saturated rings.